The number of aryl methyl sites for hydroxylation is 1. The summed E-state index contributed by atoms with van der Waals surface area (Å²) in [4.78, 5) is 10.1. The molecule has 2 rings (SSSR count). The van der Waals surface area contributed by atoms with Crippen LogP contribution in [0.15, 0.2) is 30.3 Å². The Morgan fingerprint density at radius 3 is 2.43 bits per heavy atom. The largest absolute Gasteiger partial charge is 0.380 e. The van der Waals surface area contributed by atoms with Crippen molar-refractivity contribution < 1.29 is 18.1 Å². The summed E-state index contributed by atoms with van der Waals surface area (Å²) in [6.45, 7) is 1.60. The lowest BCUT2D eigenvalue weighted by atomic mass is 10.1. The Hall–Kier alpha value is -2.57. The molecule has 0 saturated heterocycles. The van der Waals surface area contributed by atoms with Crippen molar-refractivity contribution in [3.63, 3.8) is 0 Å². The number of non-ortho nitro benzene ring substituents is 1. The zero-order chi connectivity index (χ0) is 15.6. The van der Waals surface area contributed by atoms with Crippen LogP contribution in [0.5, 0.6) is 0 Å². The Morgan fingerprint density at radius 1 is 1.10 bits per heavy atom. The van der Waals surface area contributed by atoms with Gasteiger partial charge in [-0.05, 0) is 18.6 Å². The first-order valence-corrected chi connectivity index (χ1v) is 6.01. The van der Waals surface area contributed by atoms with Crippen LogP contribution in [-0.2, 0) is 6.54 Å². The fourth-order valence-corrected chi connectivity index (χ4v) is 1.80. The van der Waals surface area contributed by atoms with E-state index < -0.39 is 22.4 Å². The fraction of sp³-hybridized carbons (Fsp3) is 0.143. The summed E-state index contributed by atoms with van der Waals surface area (Å²) in [5.74, 6) is -3.30. The van der Waals surface area contributed by atoms with Gasteiger partial charge in [0.25, 0.3) is 5.69 Å². The van der Waals surface area contributed by atoms with Crippen molar-refractivity contribution in [1.29, 1.82) is 0 Å². The maximum atomic E-state index is 13.5. The van der Waals surface area contributed by atoms with E-state index in [9.17, 15) is 23.3 Å². The van der Waals surface area contributed by atoms with Crippen LogP contribution < -0.4 is 5.32 Å². The van der Waals surface area contributed by atoms with Crippen molar-refractivity contribution in [2.75, 3.05) is 5.32 Å². The van der Waals surface area contributed by atoms with Crippen molar-refractivity contribution in [2.24, 2.45) is 0 Å². The Labute approximate surface area is 118 Å². The van der Waals surface area contributed by atoms with E-state index in [4.69, 9.17) is 0 Å². The molecule has 21 heavy (non-hydrogen) atoms. The Kier molecular flexibility index (Phi) is 4.11. The fourth-order valence-electron chi connectivity index (χ4n) is 1.80. The van der Waals surface area contributed by atoms with E-state index >= 15 is 0 Å². The first-order chi connectivity index (χ1) is 9.88. The first-order valence-electron chi connectivity index (χ1n) is 6.01. The summed E-state index contributed by atoms with van der Waals surface area (Å²) in [6.07, 6.45) is 0. The Balaban J connectivity index is 2.22. The molecule has 0 amide bonds. The number of hydrogen-bond donors (Lipinski definition) is 1. The number of hydrogen-bond acceptors (Lipinski definition) is 3. The molecular weight excluding hydrogens is 285 g/mol. The van der Waals surface area contributed by atoms with Crippen molar-refractivity contribution >= 4 is 11.4 Å². The molecule has 0 aliphatic heterocycles. The van der Waals surface area contributed by atoms with Gasteiger partial charge in [0.05, 0.1) is 4.92 Å². The van der Waals surface area contributed by atoms with Gasteiger partial charge in [0.2, 0.25) is 0 Å². The standard InChI is InChI=1S/C14H11F3N2O2/c1-8-2-3-10(19(20)21)5-14(8)18-7-9-4-12(16)13(17)6-11(9)15/h2-6,18H,7H2,1H3. The molecule has 110 valence electrons. The highest BCUT2D eigenvalue weighted by atomic mass is 19.2. The second-order valence-electron chi connectivity index (χ2n) is 4.47. The zero-order valence-corrected chi connectivity index (χ0v) is 11.0. The number of anilines is 1. The zero-order valence-electron chi connectivity index (χ0n) is 11.0. The highest BCUT2D eigenvalue weighted by Crippen LogP contribution is 2.23. The molecule has 0 bridgehead atoms. The molecule has 0 aromatic heterocycles. The van der Waals surface area contributed by atoms with Gasteiger partial charge in [-0.2, -0.15) is 0 Å². The highest BCUT2D eigenvalue weighted by molar-refractivity contribution is 5.57. The van der Waals surface area contributed by atoms with Gasteiger partial charge in [-0.1, -0.05) is 6.07 Å². The van der Waals surface area contributed by atoms with Gasteiger partial charge in [-0.25, -0.2) is 13.2 Å². The number of nitro benzene ring substituents is 1. The molecule has 0 spiro atoms. The molecule has 1 N–H and O–H groups in total. The molecule has 7 heteroatoms. The topological polar surface area (TPSA) is 55.2 Å². The smallest absolute Gasteiger partial charge is 0.271 e. The van der Waals surface area contributed by atoms with E-state index in [1.165, 1.54) is 12.1 Å². The van der Waals surface area contributed by atoms with Gasteiger partial charge in [0, 0.05) is 36.0 Å². The average Bonchev–Trinajstić information content (AvgIpc) is 2.42. The summed E-state index contributed by atoms with van der Waals surface area (Å²) >= 11 is 0. The highest BCUT2D eigenvalue weighted by Gasteiger charge is 2.12. The second kappa shape index (κ2) is 5.82. The SMILES string of the molecule is Cc1ccc([N+](=O)[O-])cc1NCc1cc(F)c(F)cc1F. The van der Waals surface area contributed by atoms with Crippen molar-refractivity contribution in [2.45, 2.75) is 13.5 Å². The lowest BCUT2D eigenvalue weighted by Crippen LogP contribution is -2.05. The molecular formula is C14H11F3N2O2. The van der Waals surface area contributed by atoms with Crippen LogP contribution in [0.3, 0.4) is 0 Å². The van der Waals surface area contributed by atoms with Crippen LogP contribution in [0, 0.1) is 34.5 Å². The second-order valence-corrected chi connectivity index (χ2v) is 4.47. The summed E-state index contributed by atoms with van der Waals surface area (Å²) in [6, 6.07) is 5.41. The molecule has 0 radical (unpaired) electrons. The van der Waals surface area contributed by atoms with E-state index in [0.717, 1.165) is 6.07 Å². The third kappa shape index (κ3) is 3.31. The average molecular weight is 296 g/mol. The number of halogens is 3. The van der Waals surface area contributed by atoms with E-state index in [-0.39, 0.29) is 17.8 Å². The van der Waals surface area contributed by atoms with Gasteiger partial charge in [0.1, 0.15) is 5.82 Å². The molecule has 0 saturated carbocycles. The van der Waals surface area contributed by atoms with Crippen LogP contribution in [-0.4, -0.2) is 4.92 Å². The predicted molar refractivity (Wildman–Crippen MR) is 71.5 cm³/mol. The lowest BCUT2D eigenvalue weighted by molar-refractivity contribution is -0.384. The minimum Gasteiger partial charge on any atom is -0.380 e. The molecule has 2 aromatic rings. The third-order valence-corrected chi connectivity index (χ3v) is 2.99. The number of nitro groups is 1. The first kappa shape index (κ1) is 14.8. The normalized spacial score (nSPS) is 10.5. The van der Waals surface area contributed by atoms with Crippen LogP contribution >= 0.6 is 0 Å². The molecule has 0 aliphatic carbocycles. The van der Waals surface area contributed by atoms with Gasteiger partial charge in [0.15, 0.2) is 11.6 Å². The lowest BCUT2D eigenvalue weighted by Gasteiger charge is -2.10. The molecule has 4 nitrogen and oxygen atoms in total. The van der Waals surface area contributed by atoms with Crippen molar-refractivity contribution in [3.05, 3.63) is 69.0 Å². The van der Waals surface area contributed by atoms with E-state index in [1.807, 2.05) is 0 Å². The number of nitrogens with one attached hydrogen (secondary N) is 1. The molecule has 2 aromatic carbocycles. The van der Waals surface area contributed by atoms with E-state index in [0.29, 0.717) is 17.3 Å². The minimum atomic E-state index is -1.26. The quantitative estimate of drug-likeness (QED) is 0.528. The number of nitrogens with zero attached hydrogens (tertiary/aromatic N) is 1. The third-order valence-electron chi connectivity index (χ3n) is 2.99. The molecule has 0 unspecified atom stereocenters. The van der Waals surface area contributed by atoms with Gasteiger partial charge < -0.3 is 5.32 Å². The summed E-state index contributed by atoms with van der Waals surface area (Å²) in [7, 11) is 0. The molecule has 0 atom stereocenters. The summed E-state index contributed by atoms with van der Waals surface area (Å²) in [5.41, 5.74) is 0.950. The molecule has 0 heterocycles. The summed E-state index contributed by atoms with van der Waals surface area (Å²) < 4.78 is 39.4. The van der Waals surface area contributed by atoms with Gasteiger partial charge in [-0.15, -0.1) is 0 Å². The molecule has 0 fully saturated rings. The minimum absolute atomic E-state index is 0.0696. The van der Waals surface area contributed by atoms with E-state index in [2.05, 4.69) is 5.32 Å². The van der Waals surface area contributed by atoms with Gasteiger partial charge >= 0.3 is 0 Å². The summed E-state index contributed by atoms with van der Waals surface area (Å²) in [5, 5.41) is 13.5. The predicted octanol–water partition coefficient (Wildman–Crippen LogP) is 3.93. The number of rotatable bonds is 4. The van der Waals surface area contributed by atoms with E-state index in [1.54, 1.807) is 13.0 Å². The van der Waals surface area contributed by atoms with Crippen molar-refractivity contribution in [1.82, 2.24) is 0 Å². The maximum absolute atomic E-state index is 13.5. The van der Waals surface area contributed by atoms with Crippen LogP contribution in [0.4, 0.5) is 24.5 Å². The maximum Gasteiger partial charge on any atom is 0.271 e. The Bertz CT molecular complexity index is 705. The van der Waals surface area contributed by atoms with Crippen LogP contribution in [0.25, 0.3) is 0 Å². The molecule has 0 aliphatic rings. The number of benzene rings is 2. The van der Waals surface area contributed by atoms with Crippen LogP contribution in [0.1, 0.15) is 11.1 Å². The van der Waals surface area contributed by atoms with Crippen LogP contribution in [0.2, 0.25) is 0 Å². The van der Waals surface area contributed by atoms with Gasteiger partial charge in [-0.3, -0.25) is 10.1 Å². The van der Waals surface area contributed by atoms with Crippen molar-refractivity contribution in [3.8, 4) is 0 Å². The Morgan fingerprint density at radius 2 is 1.76 bits per heavy atom. The monoisotopic (exact) mass is 296 g/mol.